The standard InChI is InChI=1S/C10H5N7S2/c1-2-6(4-11-3-1)8-13-14-10-17(8)15-9(19-10)7-5-18-16-12-7/h1-5H. The molecule has 7 nitrogen and oxygen atoms in total. The van der Waals surface area contributed by atoms with Gasteiger partial charge in [-0.2, -0.15) is 9.61 Å². The Labute approximate surface area is 114 Å². The Morgan fingerprint density at radius 1 is 1.16 bits per heavy atom. The fourth-order valence-corrected chi connectivity index (χ4v) is 2.96. The van der Waals surface area contributed by atoms with Crippen LogP contribution in [0.2, 0.25) is 0 Å². The molecule has 0 fully saturated rings. The molecule has 0 saturated carbocycles. The molecule has 19 heavy (non-hydrogen) atoms. The Bertz CT molecular complexity index is 818. The van der Waals surface area contributed by atoms with Gasteiger partial charge < -0.3 is 0 Å². The van der Waals surface area contributed by atoms with Gasteiger partial charge in [-0.05, 0) is 23.7 Å². The van der Waals surface area contributed by atoms with Crippen LogP contribution in [0.15, 0.2) is 29.9 Å². The number of aromatic nitrogens is 7. The first-order valence-electron chi connectivity index (χ1n) is 5.32. The molecule has 0 unspecified atom stereocenters. The van der Waals surface area contributed by atoms with Crippen molar-refractivity contribution in [1.29, 1.82) is 0 Å². The predicted molar refractivity (Wildman–Crippen MR) is 70.8 cm³/mol. The Kier molecular flexibility index (Phi) is 2.32. The molecule has 0 N–H and O–H groups in total. The Morgan fingerprint density at radius 3 is 2.95 bits per heavy atom. The third-order valence-corrected chi connectivity index (χ3v) is 3.92. The van der Waals surface area contributed by atoms with Crippen molar-refractivity contribution in [2.45, 2.75) is 0 Å². The summed E-state index contributed by atoms with van der Waals surface area (Å²) in [4.78, 5) is 4.80. The summed E-state index contributed by atoms with van der Waals surface area (Å²) in [6.07, 6.45) is 3.45. The smallest absolute Gasteiger partial charge is 0.235 e. The van der Waals surface area contributed by atoms with Gasteiger partial charge in [0.25, 0.3) is 0 Å². The maximum Gasteiger partial charge on any atom is 0.235 e. The molecule has 4 aromatic rings. The van der Waals surface area contributed by atoms with Crippen LogP contribution in [0.3, 0.4) is 0 Å². The second kappa shape index (κ2) is 4.14. The zero-order valence-electron chi connectivity index (χ0n) is 9.33. The molecule has 0 bridgehead atoms. The zero-order chi connectivity index (χ0) is 12.7. The minimum Gasteiger partial charge on any atom is -0.264 e. The van der Waals surface area contributed by atoms with Crippen LogP contribution in [-0.4, -0.2) is 34.4 Å². The highest BCUT2D eigenvalue weighted by atomic mass is 32.1. The first kappa shape index (κ1) is 10.6. The minimum absolute atomic E-state index is 0.675. The Morgan fingerprint density at radius 2 is 2.16 bits per heavy atom. The molecular weight excluding hydrogens is 282 g/mol. The van der Waals surface area contributed by atoms with E-state index in [9.17, 15) is 0 Å². The molecule has 0 amide bonds. The zero-order valence-corrected chi connectivity index (χ0v) is 11.0. The van der Waals surface area contributed by atoms with Gasteiger partial charge >= 0.3 is 0 Å². The monoisotopic (exact) mass is 287 g/mol. The first-order chi connectivity index (χ1) is 9.42. The van der Waals surface area contributed by atoms with E-state index in [1.54, 1.807) is 16.9 Å². The van der Waals surface area contributed by atoms with Crippen molar-refractivity contribution in [1.82, 2.24) is 34.4 Å². The van der Waals surface area contributed by atoms with Gasteiger partial charge in [0.05, 0.1) is 0 Å². The third kappa shape index (κ3) is 1.71. The Hall–Kier alpha value is -2.26. The van der Waals surface area contributed by atoms with E-state index in [-0.39, 0.29) is 0 Å². The summed E-state index contributed by atoms with van der Waals surface area (Å²) >= 11 is 2.73. The number of nitrogens with zero attached hydrogens (tertiary/aromatic N) is 7. The van der Waals surface area contributed by atoms with Gasteiger partial charge in [-0.1, -0.05) is 15.8 Å². The highest BCUT2D eigenvalue weighted by Gasteiger charge is 2.15. The molecule has 0 aliphatic heterocycles. The summed E-state index contributed by atoms with van der Waals surface area (Å²) in [6.45, 7) is 0. The van der Waals surface area contributed by atoms with Crippen LogP contribution in [0.4, 0.5) is 0 Å². The highest BCUT2D eigenvalue weighted by Crippen LogP contribution is 2.26. The van der Waals surface area contributed by atoms with Crippen LogP contribution in [0.1, 0.15) is 0 Å². The lowest BCUT2D eigenvalue weighted by molar-refractivity contribution is 0.963. The fraction of sp³-hybridized carbons (Fsp3) is 0. The van der Waals surface area contributed by atoms with E-state index in [0.717, 1.165) is 21.2 Å². The third-order valence-electron chi connectivity index (χ3n) is 2.49. The second-order valence-electron chi connectivity index (χ2n) is 3.66. The van der Waals surface area contributed by atoms with Gasteiger partial charge in [-0.25, -0.2) is 0 Å². The number of pyridine rings is 1. The predicted octanol–water partition coefficient (Wildman–Crippen LogP) is 1.77. The van der Waals surface area contributed by atoms with E-state index in [1.807, 2.05) is 17.5 Å². The van der Waals surface area contributed by atoms with Crippen LogP contribution < -0.4 is 0 Å². The van der Waals surface area contributed by atoms with Crippen molar-refractivity contribution in [3.8, 4) is 22.1 Å². The average Bonchev–Trinajstić information content (AvgIpc) is 3.15. The molecule has 0 spiro atoms. The van der Waals surface area contributed by atoms with Gasteiger partial charge in [0.1, 0.15) is 5.69 Å². The molecule has 0 aliphatic carbocycles. The molecule has 9 heteroatoms. The van der Waals surface area contributed by atoms with Crippen molar-refractivity contribution in [2.24, 2.45) is 0 Å². The van der Waals surface area contributed by atoms with E-state index in [2.05, 4.69) is 29.9 Å². The van der Waals surface area contributed by atoms with Crippen LogP contribution in [0.5, 0.6) is 0 Å². The molecule has 0 radical (unpaired) electrons. The molecule has 0 atom stereocenters. The maximum absolute atomic E-state index is 4.48. The molecule has 4 rings (SSSR count). The van der Waals surface area contributed by atoms with Crippen molar-refractivity contribution in [3.63, 3.8) is 0 Å². The molecule has 4 heterocycles. The second-order valence-corrected chi connectivity index (χ2v) is 5.22. The molecule has 4 aromatic heterocycles. The van der Waals surface area contributed by atoms with E-state index >= 15 is 0 Å². The first-order valence-corrected chi connectivity index (χ1v) is 6.97. The summed E-state index contributed by atoms with van der Waals surface area (Å²) in [5.74, 6) is 0.675. The fourth-order valence-electron chi connectivity index (χ4n) is 1.65. The SMILES string of the molecule is c1cncc(-c2nnc3sc(-c4csnn4)nn23)c1. The summed E-state index contributed by atoms with van der Waals surface area (Å²) in [5, 5.41) is 19.4. The summed E-state index contributed by atoms with van der Waals surface area (Å²) in [5.41, 5.74) is 1.64. The molecule has 92 valence electrons. The van der Waals surface area contributed by atoms with Crippen LogP contribution in [0, 0.1) is 0 Å². The van der Waals surface area contributed by atoms with Gasteiger partial charge in [0, 0.05) is 23.3 Å². The van der Waals surface area contributed by atoms with E-state index in [1.165, 1.54) is 22.9 Å². The Balaban J connectivity index is 1.90. The van der Waals surface area contributed by atoms with Gasteiger partial charge in [0.2, 0.25) is 4.96 Å². The van der Waals surface area contributed by atoms with Crippen molar-refractivity contribution in [2.75, 3.05) is 0 Å². The number of rotatable bonds is 2. The highest BCUT2D eigenvalue weighted by molar-refractivity contribution is 7.20. The van der Waals surface area contributed by atoms with Gasteiger partial charge in [-0.3, -0.25) is 4.98 Å². The maximum atomic E-state index is 4.48. The number of hydrogen-bond donors (Lipinski definition) is 0. The lowest BCUT2D eigenvalue weighted by Crippen LogP contribution is -1.91. The summed E-state index contributed by atoms with van der Waals surface area (Å²) < 4.78 is 5.54. The van der Waals surface area contributed by atoms with E-state index < -0.39 is 0 Å². The van der Waals surface area contributed by atoms with E-state index in [0.29, 0.717) is 5.82 Å². The lowest BCUT2D eigenvalue weighted by atomic mass is 10.3. The quantitative estimate of drug-likeness (QED) is 0.559. The van der Waals surface area contributed by atoms with Gasteiger partial charge in [0.15, 0.2) is 10.8 Å². The summed E-state index contributed by atoms with van der Waals surface area (Å²) in [6, 6.07) is 3.78. The van der Waals surface area contributed by atoms with Crippen LogP contribution in [0.25, 0.3) is 27.1 Å². The normalized spacial score (nSPS) is 11.2. The molecule has 0 aromatic carbocycles. The average molecular weight is 287 g/mol. The lowest BCUT2D eigenvalue weighted by Gasteiger charge is -1.94. The molecule has 0 saturated heterocycles. The summed E-state index contributed by atoms with van der Waals surface area (Å²) in [7, 11) is 0. The van der Waals surface area contributed by atoms with Gasteiger partial charge in [-0.15, -0.1) is 15.3 Å². The largest absolute Gasteiger partial charge is 0.264 e. The topological polar surface area (TPSA) is 81.8 Å². The molecular formula is C10H5N7S2. The van der Waals surface area contributed by atoms with Crippen molar-refractivity contribution >= 4 is 27.8 Å². The van der Waals surface area contributed by atoms with E-state index in [4.69, 9.17) is 0 Å². The number of hydrogen-bond acceptors (Lipinski definition) is 8. The van der Waals surface area contributed by atoms with Crippen molar-refractivity contribution < 1.29 is 0 Å². The van der Waals surface area contributed by atoms with Crippen LogP contribution in [-0.2, 0) is 0 Å². The molecule has 0 aliphatic rings. The van der Waals surface area contributed by atoms with Crippen LogP contribution >= 0.6 is 22.9 Å². The number of fused-ring (bicyclic) bond motifs is 1. The minimum atomic E-state index is 0.675. The van der Waals surface area contributed by atoms with Crippen molar-refractivity contribution in [3.05, 3.63) is 29.9 Å².